The molecule has 0 aliphatic rings. The van der Waals surface area contributed by atoms with E-state index in [1.807, 2.05) is 13.8 Å². The van der Waals surface area contributed by atoms with Crippen LogP contribution in [0.5, 0.6) is 5.75 Å². The molecule has 0 heterocycles. The Bertz CT molecular complexity index is 795. The molecule has 27 heavy (non-hydrogen) atoms. The van der Waals surface area contributed by atoms with Gasteiger partial charge in [-0.2, -0.15) is 0 Å². The maximum absolute atomic E-state index is 13.8. The lowest BCUT2D eigenvalue weighted by Crippen LogP contribution is -2.35. The number of ether oxygens (including phenoxy) is 1. The van der Waals surface area contributed by atoms with Gasteiger partial charge in [0.25, 0.3) is 11.8 Å². The van der Waals surface area contributed by atoms with Gasteiger partial charge in [0.15, 0.2) is 17.7 Å². The molecule has 2 atom stereocenters. The normalized spacial score (nSPS) is 12.7. The quantitative estimate of drug-likeness (QED) is 0.731. The molecule has 5 nitrogen and oxygen atoms in total. The number of carbonyl (C=O) groups is 2. The first-order valence-electron chi connectivity index (χ1n) is 9.08. The Morgan fingerprint density at radius 3 is 2.37 bits per heavy atom. The van der Waals surface area contributed by atoms with Crippen LogP contribution in [-0.4, -0.2) is 24.0 Å². The van der Waals surface area contributed by atoms with Gasteiger partial charge in [0.1, 0.15) is 0 Å². The van der Waals surface area contributed by atoms with Gasteiger partial charge >= 0.3 is 0 Å². The molecule has 144 valence electrons. The smallest absolute Gasteiger partial charge is 0.265 e. The summed E-state index contributed by atoms with van der Waals surface area (Å²) in [4.78, 5) is 25.1. The highest BCUT2D eigenvalue weighted by atomic mass is 19.1. The molecule has 0 unspecified atom stereocenters. The van der Waals surface area contributed by atoms with Gasteiger partial charge in [-0.25, -0.2) is 4.39 Å². The summed E-state index contributed by atoms with van der Waals surface area (Å²) in [6.45, 7) is 5.66. The monoisotopic (exact) mass is 372 g/mol. The molecule has 0 aromatic heterocycles. The first-order chi connectivity index (χ1) is 13.0. The molecule has 2 rings (SSSR count). The average Bonchev–Trinajstić information content (AvgIpc) is 2.67. The summed E-state index contributed by atoms with van der Waals surface area (Å²) in [5, 5.41) is 5.61. The fraction of sp³-hybridized carbons (Fsp3) is 0.333. The number of anilines is 1. The second-order valence-electron chi connectivity index (χ2n) is 6.26. The van der Waals surface area contributed by atoms with Crippen molar-refractivity contribution in [2.24, 2.45) is 0 Å². The van der Waals surface area contributed by atoms with Crippen molar-refractivity contribution in [1.82, 2.24) is 5.32 Å². The predicted octanol–water partition coefficient (Wildman–Crippen LogP) is 4.15. The Kier molecular flexibility index (Phi) is 7.34. The van der Waals surface area contributed by atoms with Crippen LogP contribution >= 0.6 is 0 Å². The summed E-state index contributed by atoms with van der Waals surface area (Å²) in [6.07, 6.45) is 0.267. The minimum atomic E-state index is -0.882. The maximum atomic E-state index is 13.8. The molecule has 0 saturated heterocycles. The van der Waals surface area contributed by atoms with E-state index in [1.165, 1.54) is 12.1 Å². The summed E-state index contributed by atoms with van der Waals surface area (Å²) in [5.74, 6) is -1.22. The van der Waals surface area contributed by atoms with Crippen LogP contribution in [0.3, 0.4) is 0 Å². The fourth-order valence-corrected chi connectivity index (χ4v) is 2.42. The van der Waals surface area contributed by atoms with Crippen molar-refractivity contribution < 1.29 is 18.7 Å². The van der Waals surface area contributed by atoms with Crippen LogP contribution in [0.4, 0.5) is 10.1 Å². The van der Waals surface area contributed by atoms with Crippen molar-refractivity contribution in [3.8, 4) is 5.75 Å². The molecule has 2 aromatic rings. The third-order valence-corrected chi connectivity index (χ3v) is 4.19. The summed E-state index contributed by atoms with van der Waals surface area (Å²) in [6, 6.07) is 12.7. The predicted molar refractivity (Wildman–Crippen MR) is 103 cm³/mol. The van der Waals surface area contributed by atoms with Gasteiger partial charge in [-0.15, -0.1) is 0 Å². The highest BCUT2D eigenvalue weighted by Gasteiger charge is 2.22. The van der Waals surface area contributed by atoms with Gasteiger partial charge < -0.3 is 15.4 Å². The van der Waals surface area contributed by atoms with E-state index in [0.29, 0.717) is 17.7 Å². The third-order valence-electron chi connectivity index (χ3n) is 4.19. The van der Waals surface area contributed by atoms with Crippen LogP contribution in [0.25, 0.3) is 0 Å². The molecule has 6 heteroatoms. The van der Waals surface area contributed by atoms with E-state index in [0.717, 1.165) is 6.42 Å². The zero-order chi connectivity index (χ0) is 19.8. The second-order valence-corrected chi connectivity index (χ2v) is 6.26. The third kappa shape index (κ3) is 5.54. The highest BCUT2D eigenvalue weighted by Crippen LogP contribution is 2.20. The molecule has 2 aromatic carbocycles. The number of amides is 2. The first-order valence-corrected chi connectivity index (χ1v) is 9.08. The van der Waals surface area contributed by atoms with Crippen LogP contribution in [0.15, 0.2) is 48.5 Å². The lowest BCUT2D eigenvalue weighted by molar-refractivity contribution is -0.122. The molecular weight excluding hydrogens is 347 g/mol. The van der Waals surface area contributed by atoms with Gasteiger partial charge in [-0.1, -0.05) is 38.1 Å². The van der Waals surface area contributed by atoms with Crippen molar-refractivity contribution in [1.29, 1.82) is 0 Å². The van der Waals surface area contributed by atoms with E-state index in [2.05, 4.69) is 10.6 Å². The van der Waals surface area contributed by atoms with E-state index in [1.54, 1.807) is 43.3 Å². The molecule has 0 bridgehead atoms. The van der Waals surface area contributed by atoms with Gasteiger partial charge in [0.05, 0.1) is 11.3 Å². The molecule has 0 aliphatic carbocycles. The Morgan fingerprint density at radius 2 is 1.70 bits per heavy atom. The van der Waals surface area contributed by atoms with Crippen molar-refractivity contribution in [3.05, 3.63) is 59.9 Å². The van der Waals surface area contributed by atoms with Crippen LogP contribution in [0, 0.1) is 5.82 Å². The Balaban J connectivity index is 2.14. The number of halogens is 1. The molecule has 0 saturated carbocycles. The van der Waals surface area contributed by atoms with E-state index >= 15 is 0 Å². The number of carbonyl (C=O) groups excluding carboxylic acids is 2. The zero-order valence-corrected chi connectivity index (χ0v) is 15.8. The van der Waals surface area contributed by atoms with Gasteiger partial charge in [-0.05, 0) is 44.0 Å². The number of hydrogen-bond donors (Lipinski definition) is 2. The number of nitrogens with one attached hydrogen (secondary N) is 2. The molecule has 0 aliphatic heterocycles. The first kappa shape index (κ1) is 20.4. The van der Waals surface area contributed by atoms with Crippen molar-refractivity contribution in [2.75, 3.05) is 5.32 Å². The largest absolute Gasteiger partial charge is 0.478 e. The lowest BCUT2D eigenvalue weighted by Gasteiger charge is -2.19. The van der Waals surface area contributed by atoms with Crippen LogP contribution < -0.4 is 15.4 Å². The van der Waals surface area contributed by atoms with Crippen LogP contribution in [0.1, 0.15) is 44.0 Å². The molecule has 0 fully saturated rings. The van der Waals surface area contributed by atoms with Crippen LogP contribution in [0.2, 0.25) is 0 Å². The molecular formula is C21H25FN2O3. The summed E-state index contributed by atoms with van der Waals surface area (Å²) < 4.78 is 19.3. The Hall–Kier alpha value is -2.89. The second kappa shape index (κ2) is 9.71. The molecule has 0 radical (unpaired) electrons. The number of benzene rings is 2. The van der Waals surface area contributed by atoms with E-state index in [-0.39, 0.29) is 17.7 Å². The Labute approximate surface area is 158 Å². The van der Waals surface area contributed by atoms with Crippen molar-refractivity contribution >= 4 is 17.5 Å². The zero-order valence-electron chi connectivity index (χ0n) is 15.8. The minimum Gasteiger partial charge on any atom is -0.478 e. The van der Waals surface area contributed by atoms with E-state index in [9.17, 15) is 14.0 Å². The number of hydrogen-bond acceptors (Lipinski definition) is 3. The SMILES string of the molecule is CC[C@@H](C)NC(=O)c1ccccc1NC(=O)[C@H](CC)Oc1ccccc1F. The standard InChI is InChI=1S/C21H25FN2O3/c1-4-14(3)23-20(25)15-10-6-8-12-17(15)24-21(26)18(5-2)27-19-13-9-7-11-16(19)22/h6-14,18H,4-5H2,1-3H3,(H,23,25)(H,24,26)/t14-,18+/m1/s1. The van der Waals surface area contributed by atoms with Crippen molar-refractivity contribution in [2.45, 2.75) is 45.8 Å². The number of rotatable bonds is 8. The van der Waals surface area contributed by atoms with Gasteiger partial charge in [0.2, 0.25) is 0 Å². The molecule has 2 amide bonds. The maximum Gasteiger partial charge on any atom is 0.265 e. The van der Waals surface area contributed by atoms with E-state index < -0.39 is 17.8 Å². The van der Waals surface area contributed by atoms with Crippen LogP contribution in [-0.2, 0) is 4.79 Å². The topological polar surface area (TPSA) is 67.4 Å². The number of para-hydroxylation sites is 2. The van der Waals surface area contributed by atoms with Crippen molar-refractivity contribution in [3.63, 3.8) is 0 Å². The van der Waals surface area contributed by atoms with Gasteiger partial charge in [-0.3, -0.25) is 9.59 Å². The summed E-state index contributed by atoms with van der Waals surface area (Å²) in [5.41, 5.74) is 0.755. The average molecular weight is 372 g/mol. The summed E-state index contributed by atoms with van der Waals surface area (Å²) in [7, 11) is 0. The van der Waals surface area contributed by atoms with Gasteiger partial charge in [0, 0.05) is 6.04 Å². The fourth-order valence-electron chi connectivity index (χ4n) is 2.42. The Morgan fingerprint density at radius 1 is 1.04 bits per heavy atom. The van der Waals surface area contributed by atoms with E-state index in [4.69, 9.17) is 4.74 Å². The molecule has 0 spiro atoms. The summed E-state index contributed by atoms with van der Waals surface area (Å²) >= 11 is 0. The minimum absolute atomic E-state index is 0.0160. The highest BCUT2D eigenvalue weighted by molar-refractivity contribution is 6.04. The lowest BCUT2D eigenvalue weighted by atomic mass is 10.1. The molecule has 2 N–H and O–H groups in total.